The molecule has 2 aromatic rings. The Morgan fingerprint density at radius 2 is 1.50 bits per heavy atom. The summed E-state index contributed by atoms with van der Waals surface area (Å²) >= 11 is 0. The molecule has 0 fully saturated rings. The summed E-state index contributed by atoms with van der Waals surface area (Å²) in [7, 11) is 0. The Labute approximate surface area is 108 Å². The summed E-state index contributed by atoms with van der Waals surface area (Å²) in [6.45, 7) is 4.12. The molecule has 1 aromatic carbocycles. The first-order valence-electron chi connectivity index (χ1n) is 6.11. The minimum Gasteiger partial charge on any atom is -0.299 e. The number of aromatic nitrogens is 1. The molecule has 18 heavy (non-hydrogen) atoms. The van der Waals surface area contributed by atoms with Crippen molar-refractivity contribution in [1.82, 2.24) is 4.98 Å². The van der Waals surface area contributed by atoms with Gasteiger partial charge >= 0.3 is 0 Å². The maximum absolute atomic E-state index is 12.0. The number of rotatable bonds is 4. The minimum absolute atomic E-state index is 0.242. The summed E-state index contributed by atoms with van der Waals surface area (Å²) in [5.41, 5.74) is 4.55. The molecule has 0 spiro atoms. The van der Waals surface area contributed by atoms with E-state index in [9.17, 15) is 4.79 Å². The molecule has 0 atom stereocenters. The van der Waals surface area contributed by atoms with E-state index in [1.165, 1.54) is 11.1 Å². The number of benzene rings is 1. The second kappa shape index (κ2) is 5.58. The SMILES string of the molecule is Cc1cc(C)cc(CC(=O)Cc2ccncc2)c1. The Bertz CT molecular complexity index is 526. The van der Waals surface area contributed by atoms with Crippen LogP contribution in [0.25, 0.3) is 0 Å². The molecular formula is C16H17NO. The van der Waals surface area contributed by atoms with Gasteiger partial charge in [-0.3, -0.25) is 9.78 Å². The van der Waals surface area contributed by atoms with Gasteiger partial charge in [0.25, 0.3) is 0 Å². The topological polar surface area (TPSA) is 30.0 Å². The van der Waals surface area contributed by atoms with Gasteiger partial charge in [-0.05, 0) is 37.1 Å². The smallest absolute Gasteiger partial charge is 0.141 e. The molecule has 0 saturated heterocycles. The third-order valence-corrected chi connectivity index (χ3v) is 2.83. The van der Waals surface area contributed by atoms with Gasteiger partial charge in [-0.2, -0.15) is 0 Å². The fourth-order valence-electron chi connectivity index (χ4n) is 2.19. The Balaban J connectivity index is 2.03. The van der Waals surface area contributed by atoms with E-state index in [4.69, 9.17) is 0 Å². The van der Waals surface area contributed by atoms with Gasteiger partial charge in [-0.15, -0.1) is 0 Å². The highest BCUT2D eigenvalue weighted by atomic mass is 16.1. The van der Waals surface area contributed by atoms with Gasteiger partial charge in [-0.1, -0.05) is 29.3 Å². The first-order chi connectivity index (χ1) is 8.63. The number of ketones is 1. The van der Waals surface area contributed by atoms with E-state index in [1.807, 2.05) is 12.1 Å². The number of aryl methyl sites for hydroxylation is 2. The number of carbonyl (C=O) groups excluding carboxylic acids is 1. The normalized spacial score (nSPS) is 10.3. The first-order valence-corrected chi connectivity index (χ1v) is 6.11. The molecular weight excluding hydrogens is 222 g/mol. The molecule has 0 aliphatic rings. The lowest BCUT2D eigenvalue weighted by atomic mass is 10.0. The van der Waals surface area contributed by atoms with Crippen LogP contribution in [0.15, 0.2) is 42.7 Å². The Morgan fingerprint density at radius 1 is 0.944 bits per heavy atom. The molecule has 0 aliphatic heterocycles. The molecule has 2 heteroatoms. The van der Waals surface area contributed by atoms with Crippen LogP contribution < -0.4 is 0 Å². The van der Waals surface area contributed by atoms with Crippen molar-refractivity contribution in [2.75, 3.05) is 0 Å². The summed E-state index contributed by atoms with van der Waals surface area (Å²) in [5, 5.41) is 0. The fourth-order valence-corrected chi connectivity index (χ4v) is 2.19. The highest BCUT2D eigenvalue weighted by molar-refractivity contribution is 5.83. The van der Waals surface area contributed by atoms with Crippen molar-refractivity contribution >= 4 is 5.78 Å². The number of hydrogen-bond acceptors (Lipinski definition) is 2. The van der Waals surface area contributed by atoms with Crippen LogP contribution in [0.4, 0.5) is 0 Å². The molecule has 0 radical (unpaired) electrons. The van der Waals surface area contributed by atoms with E-state index in [0.29, 0.717) is 12.8 Å². The molecule has 2 nitrogen and oxygen atoms in total. The van der Waals surface area contributed by atoms with Gasteiger partial charge in [-0.25, -0.2) is 0 Å². The molecule has 1 aromatic heterocycles. The van der Waals surface area contributed by atoms with Crippen LogP contribution in [0, 0.1) is 13.8 Å². The van der Waals surface area contributed by atoms with Crippen molar-refractivity contribution in [3.8, 4) is 0 Å². The van der Waals surface area contributed by atoms with E-state index in [-0.39, 0.29) is 5.78 Å². The molecule has 0 N–H and O–H groups in total. The van der Waals surface area contributed by atoms with Gasteiger partial charge < -0.3 is 0 Å². The van der Waals surface area contributed by atoms with Crippen molar-refractivity contribution < 1.29 is 4.79 Å². The van der Waals surface area contributed by atoms with Crippen molar-refractivity contribution in [3.63, 3.8) is 0 Å². The summed E-state index contributed by atoms with van der Waals surface area (Å²) < 4.78 is 0. The van der Waals surface area contributed by atoms with Crippen LogP contribution in [0.2, 0.25) is 0 Å². The molecule has 0 amide bonds. The zero-order valence-corrected chi connectivity index (χ0v) is 10.8. The molecule has 0 saturated carbocycles. The van der Waals surface area contributed by atoms with E-state index in [0.717, 1.165) is 11.1 Å². The van der Waals surface area contributed by atoms with Gasteiger partial charge in [0.1, 0.15) is 5.78 Å². The number of Topliss-reactive ketones (excluding diaryl/α,β-unsaturated/α-hetero) is 1. The van der Waals surface area contributed by atoms with Crippen LogP contribution in [0.1, 0.15) is 22.3 Å². The van der Waals surface area contributed by atoms with Crippen LogP contribution in [0.5, 0.6) is 0 Å². The summed E-state index contributed by atoms with van der Waals surface area (Å²) in [6, 6.07) is 10.1. The summed E-state index contributed by atoms with van der Waals surface area (Å²) in [4.78, 5) is 15.9. The van der Waals surface area contributed by atoms with Gasteiger partial charge in [0, 0.05) is 25.2 Å². The Morgan fingerprint density at radius 3 is 2.11 bits per heavy atom. The van der Waals surface area contributed by atoms with Crippen LogP contribution in [-0.4, -0.2) is 10.8 Å². The standard InChI is InChI=1S/C16H17NO/c1-12-7-13(2)9-15(8-12)11-16(18)10-14-3-5-17-6-4-14/h3-9H,10-11H2,1-2H3. The quantitative estimate of drug-likeness (QED) is 0.820. The number of hydrogen-bond donors (Lipinski definition) is 0. The highest BCUT2D eigenvalue weighted by Gasteiger charge is 2.06. The fraction of sp³-hybridized carbons (Fsp3) is 0.250. The second-order valence-corrected chi connectivity index (χ2v) is 4.74. The van der Waals surface area contributed by atoms with Crippen LogP contribution >= 0.6 is 0 Å². The second-order valence-electron chi connectivity index (χ2n) is 4.74. The number of carbonyl (C=O) groups is 1. The molecule has 92 valence electrons. The predicted molar refractivity (Wildman–Crippen MR) is 72.6 cm³/mol. The molecule has 0 aliphatic carbocycles. The molecule has 2 rings (SSSR count). The largest absolute Gasteiger partial charge is 0.299 e. The van der Waals surface area contributed by atoms with Gasteiger partial charge in [0.2, 0.25) is 0 Å². The average molecular weight is 239 g/mol. The predicted octanol–water partition coefficient (Wildman–Crippen LogP) is 3.05. The Hall–Kier alpha value is -1.96. The third kappa shape index (κ3) is 3.52. The maximum Gasteiger partial charge on any atom is 0.141 e. The van der Waals surface area contributed by atoms with Gasteiger partial charge in [0.05, 0.1) is 0 Å². The van der Waals surface area contributed by atoms with Crippen molar-refractivity contribution in [2.24, 2.45) is 0 Å². The highest BCUT2D eigenvalue weighted by Crippen LogP contribution is 2.11. The first kappa shape index (κ1) is 12.5. The monoisotopic (exact) mass is 239 g/mol. The summed E-state index contributed by atoms with van der Waals surface area (Å²) in [5.74, 6) is 0.242. The van der Waals surface area contributed by atoms with Crippen LogP contribution in [-0.2, 0) is 17.6 Å². The van der Waals surface area contributed by atoms with E-state index in [2.05, 4.69) is 37.0 Å². The Kier molecular flexibility index (Phi) is 3.88. The van der Waals surface area contributed by atoms with E-state index in [1.54, 1.807) is 12.4 Å². The van der Waals surface area contributed by atoms with Crippen LogP contribution in [0.3, 0.4) is 0 Å². The third-order valence-electron chi connectivity index (χ3n) is 2.83. The summed E-state index contributed by atoms with van der Waals surface area (Å²) in [6.07, 6.45) is 4.43. The lowest BCUT2D eigenvalue weighted by Gasteiger charge is -2.05. The van der Waals surface area contributed by atoms with Crippen molar-refractivity contribution in [3.05, 3.63) is 65.0 Å². The number of pyridine rings is 1. The lowest BCUT2D eigenvalue weighted by Crippen LogP contribution is -2.07. The lowest BCUT2D eigenvalue weighted by molar-refractivity contribution is -0.117. The molecule has 1 heterocycles. The maximum atomic E-state index is 12.0. The van der Waals surface area contributed by atoms with Gasteiger partial charge in [0.15, 0.2) is 0 Å². The molecule has 0 bridgehead atoms. The zero-order valence-electron chi connectivity index (χ0n) is 10.8. The van der Waals surface area contributed by atoms with E-state index < -0.39 is 0 Å². The minimum atomic E-state index is 0.242. The van der Waals surface area contributed by atoms with Crippen molar-refractivity contribution in [2.45, 2.75) is 26.7 Å². The average Bonchev–Trinajstić information content (AvgIpc) is 2.28. The van der Waals surface area contributed by atoms with Crippen molar-refractivity contribution in [1.29, 1.82) is 0 Å². The number of nitrogens with zero attached hydrogens (tertiary/aromatic N) is 1. The zero-order chi connectivity index (χ0) is 13.0. The van der Waals surface area contributed by atoms with E-state index >= 15 is 0 Å². The molecule has 0 unspecified atom stereocenters.